The lowest BCUT2D eigenvalue weighted by Crippen LogP contribution is -2.42. The summed E-state index contributed by atoms with van der Waals surface area (Å²) in [6.45, 7) is 0.987. The van der Waals surface area contributed by atoms with Crippen molar-refractivity contribution in [2.24, 2.45) is 0 Å². The smallest absolute Gasteiger partial charge is 0.106 e. The normalized spacial score (nSPS) is 36.6. The molecule has 1 heterocycles. The zero-order valence-corrected chi connectivity index (χ0v) is 2.94. The molecule has 0 bridgehead atoms. The predicted octanol–water partition coefficient (Wildman–Crippen LogP) is -0.702. The van der Waals surface area contributed by atoms with Crippen LogP contribution < -0.4 is 5.32 Å². The van der Waals surface area contributed by atoms with Gasteiger partial charge in [-0.1, -0.05) is 0 Å². The molecule has 30 valence electrons. The summed E-state index contributed by atoms with van der Waals surface area (Å²) in [5.41, 5.74) is 0. The quantitative estimate of drug-likeness (QED) is 0.397. The lowest BCUT2D eigenvalue weighted by molar-refractivity contribution is 0.0737. The van der Waals surface area contributed by atoms with Crippen LogP contribution in [0.3, 0.4) is 0 Å². The summed E-state index contributed by atoms with van der Waals surface area (Å²) in [6.07, 6.45) is 0.745. The third-order valence-corrected chi connectivity index (χ3v) is 0.798. The molecule has 1 unspecified atom stereocenters. The van der Waals surface area contributed by atoms with Gasteiger partial charge in [0.25, 0.3) is 0 Å². The van der Waals surface area contributed by atoms with Crippen molar-refractivity contribution in [2.45, 2.75) is 12.6 Å². The molecule has 0 amide bonds. The average Bonchev–Trinajstić information content (AvgIpc) is 1.30. The third-order valence-electron chi connectivity index (χ3n) is 0.798. The van der Waals surface area contributed by atoms with E-state index >= 15 is 0 Å². The van der Waals surface area contributed by atoms with Crippen molar-refractivity contribution in [3.63, 3.8) is 0 Å². The summed E-state index contributed by atoms with van der Waals surface area (Å²) in [5, 5.41) is 11.1. The van der Waals surface area contributed by atoms with Gasteiger partial charge in [-0.15, -0.1) is 0 Å². The van der Waals surface area contributed by atoms with Crippen LogP contribution in [-0.2, 0) is 0 Å². The number of hydrogen-bond donors (Lipinski definition) is 2. The minimum absolute atomic E-state index is 0.185. The van der Waals surface area contributed by atoms with Crippen molar-refractivity contribution in [2.75, 3.05) is 6.54 Å². The Balaban J connectivity index is 2.08. The summed E-state index contributed by atoms with van der Waals surface area (Å²) in [4.78, 5) is 0. The highest BCUT2D eigenvalue weighted by Crippen LogP contribution is 1.93. The molecule has 0 aliphatic carbocycles. The molecule has 0 radical (unpaired) electrons. The Labute approximate surface area is 30.8 Å². The number of hydrogen-bond acceptors (Lipinski definition) is 2. The second kappa shape index (κ2) is 0.954. The van der Waals surface area contributed by atoms with E-state index in [9.17, 15) is 0 Å². The highest BCUT2D eigenvalue weighted by atomic mass is 16.3. The van der Waals surface area contributed by atoms with E-state index in [0.717, 1.165) is 13.0 Å². The molecule has 2 nitrogen and oxygen atoms in total. The van der Waals surface area contributed by atoms with Crippen molar-refractivity contribution >= 4 is 0 Å². The monoisotopic (exact) mass is 73.1 g/mol. The van der Waals surface area contributed by atoms with Gasteiger partial charge in [-0.2, -0.15) is 0 Å². The lowest BCUT2D eigenvalue weighted by Gasteiger charge is -2.20. The standard InChI is InChI=1S/C3H7NO/c5-3-1-2-4-3/h3-5H,1-2H2. The van der Waals surface area contributed by atoms with Gasteiger partial charge in [0, 0.05) is 6.54 Å². The Morgan fingerprint density at radius 1 is 1.80 bits per heavy atom. The molecular weight excluding hydrogens is 66.0 g/mol. The molecule has 1 rings (SSSR count). The Bertz CT molecular complexity index is 33.9. The van der Waals surface area contributed by atoms with Crippen molar-refractivity contribution < 1.29 is 5.11 Å². The van der Waals surface area contributed by atoms with Crippen molar-refractivity contribution in [1.82, 2.24) is 5.32 Å². The number of aliphatic hydroxyl groups excluding tert-OH is 1. The third kappa shape index (κ3) is 0.412. The van der Waals surface area contributed by atoms with Gasteiger partial charge in [0.15, 0.2) is 0 Å². The van der Waals surface area contributed by atoms with Gasteiger partial charge in [-0.25, -0.2) is 0 Å². The first-order valence-electron chi connectivity index (χ1n) is 1.81. The topological polar surface area (TPSA) is 32.3 Å². The van der Waals surface area contributed by atoms with E-state index in [2.05, 4.69) is 5.32 Å². The lowest BCUT2D eigenvalue weighted by atomic mass is 10.3. The summed E-state index contributed by atoms with van der Waals surface area (Å²) in [6, 6.07) is 0. The molecule has 1 saturated heterocycles. The fourth-order valence-electron chi connectivity index (χ4n) is 0.273. The maximum Gasteiger partial charge on any atom is 0.106 e. The molecule has 2 heteroatoms. The van der Waals surface area contributed by atoms with E-state index in [4.69, 9.17) is 5.11 Å². The van der Waals surface area contributed by atoms with Gasteiger partial charge in [0.1, 0.15) is 6.23 Å². The van der Waals surface area contributed by atoms with Crippen LogP contribution in [0.1, 0.15) is 6.42 Å². The Hall–Kier alpha value is -0.0800. The summed E-state index contributed by atoms with van der Waals surface area (Å²) in [7, 11) is 0. The number of aliphatic hydroxyl groups is 1. The summed E-state index contributed by atoms with van der Waals surface area (Å²) in [5.74, 6) is 0. The predicted molar refractivity (Wildman–Crippen MR) is 18.6 cm³/mol. The molecule has 2 N–H and O–H groups in total. The van der Waals surface area contributed by atoms with Crippen LogP contribution in [-0.4, -0.2) is 17.9 Å². The minimum Gasteiger partial charge on any atom is -0.379 e. The maximum atomic E-state index is 8.34. The van der Waals surface area contributed by atoms with Gasteiger partial charge >= 0.3 is 0 Å². The van der Waals surface area contributed by atoms with E-state index in [1.165, 1.54) is 0 Å². The highest BCUT2D eigenvalue weighted by molar-refractivity contribution is 4.63. The first-order chi connectivity index (χ1) is 2.39. The fourth-order valence-corrected chi connectivity index (χ4v) is 0.273. The largest absolute Gasteiger partial charge is 0.379 e. The first-order valence-corrected chi connectivity index (χ1v) is 1.81. The molecule has 1 aliphatic rings. The van der Waals surface area contributed by atoms with Crippen molar-refractivity contribution in [1.29, 1.82) is 0 Å². The van der Waals surface area contributed by atoms with Crippen LogP contribution in [0.5, 0.6) is 0 Å². The molecular formula is C3H7NO. The van der Waals surface area contributed by atoms with Crippen LogP contribution in [0.4, 0.5) is 0 Å². The number of nitrogens with one attached hydrogen (secondary N) is 1. The zero-order chi connectivity index (χ0) is 3.70. The second-order valence-electron chi connectivity index (χ2n) is 1.26. The van der Waals surface area contributed by atoms with E-state index in [1.807, 2.05) is 0 Å². The summed E-state index contributed by atoms with van der Waals surface area (Å²) < 4.78 is 0. The Morgan fingerprint density at radius 2 is 2.20 bits per heavy atom. The van der Waals surface area contributed by atoms with Crippen LogP contribution >= 0.6 is 0 Å². The molecule has 0 aromatic carbocycles. The van der Waals surface area contributed by atoms with E-state index < -0.39 is 0 Å². The molecule has 0 saturated carbocycles. The van der Waals surface area contributed by atoms with Gasteiger partial charge < -0.3 is 5.11 Å². The molecule has 5 heavy (non-hydrogen) atoms. The molecule has 0 aromatic heterocycles. The molecule has 0 aromatic rings. The van der Waals surface area contributed by atoms with Gasteiger partial charge in [0.2, 0.25) is 0 Å². The zero-order valence-electron chi connectivity index (χ0n) is 2.94. The SMILES string of the molecule is OC1CCN1. The average molecular weight is 73.1 g/mol. The highest BCUT2D eigenvalue weighted by Gasteiger charge is 2.09. The molecule has 1 aliphatic heterocycles. The molecule has 1 atom stereocenters. The van der Waals surface area contributed by atoms with E-state index in [1.54, 1.807) is 0 Å². The molecule has 0 spiro atoms. The van der Waals surface area contributed by atoms with Gasteiger partial charge in [-0.05, 0) is 6.42 Å². The number of rotatable bonds is 0. The van der Waals surface area contributed by atoms with Crippen LogP contribution in [0.25, 0.3) is 0 Å². The first kappa shape index (κ1) is 3.12. The van der Waals surface area contributed by atoms with E-state index in [-0.39, 0.29) is 6.23 Å². The van der Waals surface area contributed by atoms with Crippen molar-refractivity contribution in [3.05, 3.63) is 0 Å². The maximum absolute atomic E-state index is 8.34. The van der Waals surface area contributed by atoms with Crippen LogP contribution in [0, 0.1) is 0 Å². The Morgan fingerprint density at radius 3 is 2.20 bits per heavy atom. The van der Waals surface area contributed by atoms with Gasteiger partial charge in [0.05, 0.1) is 0 Å². The molecule has 1 fully saturated rings. The second-order valence-corrected chi connectivity index (χ2v) is 1.26. The Kier molecular flexibility index (Phi) is 0.596. The minimum atomic E-state index is -0.185. The summed E-state index contributed by atoms with van der Waals surface area (Å²) >= 11 is 0. The van der Waals surface area contributed by atoms with Gasteiger partial charge in [-0.3, -0.25) is 5.32 Å². The van der Waals surface area contributed by atoms with Crippen molar-refractivity contribution in [3.8, 4) is 0 Å². The van der Waals surface area contributed by atoms with Crippen LogP contribution in [0.15, 0.2) is 0 Å². The van der Waals surface area contributed by atoms with E-state index in [0.29, 0.717) is 0 Å². The fraction of sp³-hybridized carbons (Fsp3) is 1.00. The van der Waals surface area contributed by atoms with Crippen LogP contribution in [0.2, 0.25) is 0 Å².